The number of halogens is 2. The molecule has 0 aliphatic carbocycles. The van der Waals surface area contributed by atoms with Gasteiger partial charge in [-0.3, -0.25) is 9.13 Å². The number of aromatic nitrogens is 2. The lowest BCUT2D eigenvalue weighted by atomic mass is 10.1. The first kappa shape index (κ1) is 27.0. The summed E-state index contributed by atoms with van der Waals surface area (Å²) in [5.74, 6) is -0.183. The van der Waals surface area contributed by atoms with Crippen molar-refractivity contribution in [3.63, 3.8) is 0 Å². The minimum Gasteiger partial charge on any atom is -0.493 e. The fourth-order valence-electron chi connectivity index (χ4n) is 3.48. The van der Waals surface area contributed by atoms with Crippen molar-refractivity contribution < 1.29 is 29.2 Å². The standard InChI is InChI=1S/C21H21F2N3O3S.2H2O/c1-4-29-19-9-13(5-6-18(19)28-2)17(12-30-3)26-20-15(23)10-14(22)11-16(20)25(8-7-24)21(26)27;;/h5-6,9-11,17H,4,8,12H2,1-3H3;2*1H2. The van der Waals surface area contributed by atoms with Crippen LogP contribution in [0.2, 0.25) is 0 Å². The molecular formula is C21H25F2N3O5S. The lowest BCUT2D eigenvalue weighted by molar-refractivity contribution is 0.310. The normalized spacial score (nSPS) is 11.2. The van der Waals surface area contributed by atoms with Gasteiger partial charge in [0.1, 0.15) is 17.9 Å². The van der Waals surface area contributed by atoms with E-state index in [9.17, 15) is 13.6 Å². The van der Waals surface area contributed by atoms with Crippen LogP contribution < -0.4 is 15.2 Å². The molecule has 8 nitrogen and oxygen atoms in total. The van der Waals surface area contributed by atoms with Crippen LogP contribution in [0.15, 0.2) is 35.1 Å². The molecule has 1 unspecified atom stereocenters. The van der Waals surface area contributed by atoms with Crippen LogP contribution >= 0.6 is 11.8 Å². The number of nitriles is 1. The van der Waals surface area contributed by atoms with Crippen molar-refractivity contribution in [2.24, 2.45) is 0 Å². The van der Waals surface area contributed by atoms with Crippen LogP contribution in [0.5, 0.6) is 11.5 Å². The largest absolute Gasteiger partial charge is 0.493 e. The van der Waals surface area contributed by atoms with E-state index in [2.05, 4.69) is 0 Å². The highest BCUT2D eigenvalue weighted by Crippen LogP contribution is 2.34. The van der Waals surface area contributed by atoms with Gasteiger partial charge in [0.05, 0.1) is 31.3 Å². The van der Waals surface area contributed by atoms with E-state index in [1.807, 2.05) is 19.2 Å². The highest BCUT2D eigenvalue weighted by atomic mass is 32.2. The highest BCUT2D eigenvalue weighted by Gasteiger charge is 2.25. The second kappa shape index (κ2) is 11.5. The molecule has 3 rings (SSSR count). The number of methoxy groups -OCH3 is 1. The van der Waals surface area contributed by atoms with Gasteiger partial charge in [-0.05, 0) is 30.9 Å². The maximum atomic E-state index is 14.8. The Morgan fingerprint density at radius 2 is 1.91 bits per heavy atom. The van der Waals surface area contributed by atoms with Crippen LogP contribution in [0.4, 0.5) is 8.78 Å². The van der Waals surface area contributed by atoms with Gasteiger partial charge < -0.3 is 20.4 Å². The zero-order valence-corrected chi connectivity index (χ0v) is 18.6. The number of ether oxygens (including phenoxy) is 2. The number of thioether (sulfide) groups is 1. The Morgan fingerprint density at radius 3 is 2.50 bits per heavy atom. The molecule has 1 aromatic heterocycles. The quantitative estimate of drug-likeness (QED) is 0.499. The molecule has 2 aromatic carbocycles. The van der Waals surface area contributed by atoms with Crippen molar-refractivity contribution >= 4 is 22.8 Å². The van der Waals surface area contributed by atoms with Gasteiger partial charge in [0.25, 0.3) is 0 Å². The van der Waals surface area contributed by atoms with Crippen LogP contribution in [0, 0.1) is 23.0 Å². The Balaban J connectivity index is 0.00000256. The van der Waals surface area contributed by atoms with Gasteiger partial charge in [-0.2, -0.15) is 17.0 Å². The zero-order valence-electron chi connectivity index (χ0n) is 17.8. The van der Waals surface area contributed by atoms with Crippen molar-refractivity contribution in [3.05, 3.63) is 58.0 Å². The minimum atomic E-state index is -0.858. The molecule has 0 bridgehead atoms. The van der Waals surface area contributed by atoms with E-state index < -0.39 is 23.4 Å². The molecule has 32 heavy (non-hydrogen) atoms. The lowest BCUT2D eigenvalue weighted by Gasteiger charge is -2.20. The molecule has 0 aliphatic heterocycles. The number of hydrogen-bond donors (Lipinski definition) is 0. The summed E-state index contributed by atoms with van der Waals surface area (Å²) >= 11 is 1.47. The molecule has 0 spiro atoms. The van der Waals surface area contributed by atoms with Crippen molar-refractivity contribution in [3.8, 4) is 17.6 Å². The van der Waals surface area contributed by atoms with E-state index in [0.29, 0.717) is 29.4 Å². The van der Waals surface area contributed by atoms with Gasteiger partial charge >= 0.3 is 5.69 Å². The molecule has 0 amide bonds. The van der Waals surface area contributed by atoms with E-state index in [1.165, 1.54) is 23.4 Å². The second-order valence-electron chi connectivity index (χ2n) is 6.47. The van der Waals surface area contributed by atoms with E-state index in [-0.39, 0.29) is 28.5 Å². The monoisotopic (exact) mass is 469 g/mol. The number of benzene rings is 2. The van der Waals surface area contributed by atoms with Crippen molar-refractivity contribution in [2.75, 3.05) is 25.7 Å². The zero-order chi connectivity index (χ0) is 21.8. The SMILES string of the molecule is CCOc1cc(C(CSC)n2c(=O)n(CC#N)c3cc(F)cc(F)c32)ccc1OC.O.O. The summed E-state index contributed by atoms with van der Waals surface area (Å²) in [5.41, 5.74) is 0.132. The van der Waals surface area contributed by atoms with Crippen LogP contribution in [0.1, 0.15) is 18.5 Å². The van der Waals surface area contributed by atoms with Crippen LogP contribution in [0.25, 0.3) is 11.0 Å². The van der Waals surface area contributed by atoms with Crippen molar-refractivity contribution in [1.82, 2.24) is 9.13 Å². The van der Waals surface area contributed by atoms with E-state index >= 15 is 0 Å². The Kier molecular flexibility index (Phi) is 9.71. The molecule has 3 aromatic rings. The smallest absolute Gasteiger partial charge is 0.330 e. The minimum absolute atomic E-state index is 0. The number of hydrogen-bond acceptors (Lipinski definition) is 5. The Morgan fingerprint density at radius 1 is 1.19 bits per heavy atom. The first-order valence-electron chi connectivity index (χ1n) is 9.23. The summed E-state index contributed by atoms with van der Waals surface area (Å²) < 4.78 is 42.0. The van der Waals surface area contributed by atoms with Crippen molar-refractivity contribution in [1.29, 1.82) is 5.26 Å². The molecule has 0 fully saturated rings. The van der Waals surface area contributed by atoms with Gasteiger partial charge in [0, 0.05) is 17.9 Å². The summed E-state index contributed by atoms with van der Waals surface area (Å²) in [6, 6.07) is 8.39. The average Bonchev–Trinajstić information content (AvgIpc) is 2.99. The summed E-state index contributed by atoms with van der Waals surface area (Å²) in [5, 5.41) is 9.12. The van der Waals surface area contributed by atoms with E-state index in [1.54, 1.807) is 18.2 Å². The maximum Gasteiger partial charge on any atom is 0.330 e. The fraction of sp³-hybridized carbons (Fsp3) is 0.333. The second-order valence-corrected chi connectivity index (χ2v) is 7.38. The lowest BCUT2D eigenvalue weighted by Crippen LogP contribution is -2.29. The first-order valence-corrected chi connectivity index (χ1v) is 10.6. The third-order valence-electron chi connectivity index (χ3n) is 4.71. The molecular weight excluding hydrogens is 444 g/mol. The fourth-order valence-corrected chi connectivity index (χ4v) is 4.14. The third-order valence-corrected chi connectivity index (χ3v) is 5.36. The summed E-state index contributed by atoms with van der Waals surface area (Å²) in [4.78, 5) is 13.2. The first-order chi connectivity index (χ1) is 14.5. The van der Waals surface area contributed by atoms with E-state index in [4.69, 9.17) is 14.7 Å². The van der Waals surface area contributed by atoms with Crippen molar-refractivity contribution in [2.45, 2.75) is 19.5 Å². The predicted octanol–water partition coefficient (Wildman–Crippen LogP) is 2.32. The summed E-state index contributed by atoms with van der Waals surface area (Å²) in [6.07, 6.45) is 1.87. The maximum absolute atomic E-state index is 14.8. The Hall–Kier alpha value is -3.07. The number of fused-ring (bicyclic) bond motifs is 1. The Bertz CT molecular complexity index is 1170. The Labute approximate surface area is 187 Å². The third kappa shape index (κ3) is 4.88. The van der Waals surface area contributed by atoms with Gasteiger partial charge in [0.15, 0.2) is 17.3 Å². The molecule has 0 saturated heterocycles. The average molecular weight is 470 g/mol. The summed E-state index contributed by atoms with van der Waals surface area (Å²) in [7, 11) is 1.53. The molecule has 1 atom stereocenters. The molecule has 1 heterocycles. The topological polar surface area (TPSA) is 132 Å². The molecule has 0 aliphatic rings. The van der Waals surface area contributed by atoms with Gasteiger partial charge in [-0.1, -0.05) is 6.07 Å². The van der Waals surface area contributed by atoms with Crippen LogP contribution in [-0.4, -0.2) is 45.8 Å². The number of rotatable bonds is 8. The van der Waals surface area contributed by atoms with Crippen LogP contribution in [0.3, 0.4) is 0 Å². The van der Waals surface area contributed by atoms with Gasteiger partial charge in [-0.15, -0.1) is 0 Å². The number of imidazole rings is 1. The number of nitrogens with zero attached hydrogens (tertiary/aromatic N) is 3. The van der Waals surface area contributed by atoms with Crippen LogP contribution in [-0.2, 0) is 6.54 Å². The predicted molar refractivity (Wildman–Crippen MR) is 120 cm³/mol. The molecule has 0 saturated carbocycles. The highest BCUT2D eigenvalue weighted by molar-refractivity contribution is 7.98. The van der Waals surface area contributed by atoms with E-state index in [0.717, 1.165) is 16.7 Å². The molecule has 0 radical (unpaired) electrons. The van der Waals surface area contributed by atoms with Gasteiger partial charge in [-0.25, -0.2) is 13.6 Å². The summed E-state index contributed by atoms with van der Waals surface area (Å²) in [6.45, 7) is 1.95. The molecule has 4 N–H and O–H groups in total. The van der Waals surface area contributed by atoms with Gasteiger partial charge in [0.2, 0.25) is 0 Å². The molecule has 174 valence electrons. The molecule has 11 heteroatoms.